The van der Waals surface area contributed by atoms with E-state index in [-0.39, 0.29) is 0 Å². The van der Waals surface area contributed by atoms with Crippen molar-refractivity contribution in [2.75, 3.05) is 13.3 Å². The smallest absolute Gasteiger partial charge is 0.133 e. The largest absolute Gasteiger partial charge is 0.492 e. The molecule has 3 rings (SSSR count). The first-order valence-corrected chi connectivity index (χ1v) is 6.18. The Morgan fingerprint density at radius 2 is 2.53 bits per heavy atom. The molecule has 4 heteroatoms. The highest BCUT2D eigenvalue weighted by atomic mass is 32.1. The molecule has 3 nitrogen and oxygen atoms in total. The Labute approximate surface area is 93.1 Å². The zero-order chi connectivity index (χ0) is 10.1. The summed E-state index contributed by atoms with van der Waals surface area (Å²) in [5.41, 5.74) is 1.32. The molecule has 1 aromatic rings. The Morgan fingerprint density at radius 1 is 1.53 bits per heavy atom. The van der Waals surface area contributed by atoms with Crippen molar-refractivity contribution in [2.45, 2.75) is 18.8 Å². The second-order valence-electron chi connectivity index (χ2n) is 3.91. The number of rotatable bonds is 2. The number of ether oxygens (including phenoxy) is 1. The maximum Gasteiger partial charge on any atom is 0.133 e. The van der Waals surface area contributed by atoms with Crippen LogP contribution >= 0.6 is 11.3 Å². The lowest BCUT2D eigenvalue weighted by Crippen LogP contribution is -2.17. The molecule has 0 aromatic carbocycles. The molecule has 0 saturated heterocycles. The maximum absolute atomic E-state index is 5.61. The zero-order valence-corrected chi connectivity index (χ0v) is 9.27. The third-order valence-electron chi connectivity index (χ3n) is 2.91. The fourth-order valence-corrected chi connectivity index (χ4v) is 3.12. The first kappa shape index (κ1) is 9.09. The average molecular weight is 222 g/mol. The highest BCUT2D eigenvalue weighted by Gasteiger charge is 2.24. The van der Waals surface area contributed by atoms with Gasteiger partial charge in [0.15, 0.2) is 0 Å². The second-order valence-corrected chi connectivity index (χ2v) is 4.86. The van der Waals surface area contributed by atoms with Crippen molar-refractivity contribution >= 4 is 11.3 Å². The van der Waals surface area contributed by atoms with Crippen LogP contribution < -0.4 is 15.4 Å². The van der Waals surface area contributed by atoms with Crippen LogP contribution in [0.25, 0.3) is 0 Å². The number of hydrogen-bond donors (Lipinski definition) is 2. The van der Waals surface area contributed by atoms with Crippen LogP contribution in [0.15, 0.2) is 23.3 Å². The predicted octanol–water partition coefficient (Wildman–Crippen LogP) is 2.00. The number of allylic oxidation sites excluding steroid dienone is 1. The van der Waals surface area contributed by atoms with Crippen LogP contribution in [-0.2, 0) is 0 Å². The van der Waals surface area contributed by atoms with E-state index in [0.29, 0.717) is 5.92 Å². The number of fused-ring (bicyclic) bond motifs is 1. The standard InChI is InChI=1S/C11H14N2OS/c1-3-14-10-2-4-15-11(10)8(1)5-9-6-12-7-13-9/h2,4,6,8,12-13H,1,3,5,7H2. The fourth-order valence-electron chi connectivity index (χ4n) is 2.15. The summed E-state index contributed by atoms with van der Waals surface area (Å²) >= 11 is 1.82. The van der Waals surface area contributed by atoms with E-state index in [1.165, 1.54) is 10.6 Å². The average Bonchev–Trinajstić information content (AvgIpc) is 2.87. The molecule has 0 spiro atoms. The van der Waals surface area contributed by atoms with Crippen LogP contribution in [0.3, 0.4) is 0 Å². The topological polar surface area (TPSA) is 33.3 Å². The van der Waals surface area contributed by atoms with E-state index in [0.717, 1.165) is 31.9 Å². The molecule has 2 N–H and O–H groups in total. The summed E-state index contributed by atoms with van der Waals surface area (Å²) in [6.45, 7) is 1.73. The molecule has 0 bridgehead atoms. The number of nitrogens with one attached hydrogen (secondary N) is 2. The number of thiophene rings is 1. The van der Waals surface area contributed by atoms with Gasteiger partial charge in [-0.2, -0.15) is 0 Å². The molecule has 80 valence electrons. The Bertz CT molecular complexity index is 386. The van der Waals surface area contributed by atoms with Crippen LogP contribution in [0, 0.1) is 0 Å². The minimum atomic E-state index is 0.632. The van der Waals surface area contributed by atoms with Crippen LogP contribution in [0.5, 0.6) is 5.75 Å². The molecule has 2 aliphatic rings. The third-order valence-corrected chi connectivity index (χ3v) is 3.97. The molecule has 0 amide bonds. The lowest BCUT2D eigenvalue weighted by molar-refractivity contribution is 0.270. The fraction of sp³-hybridized carbons (Fsp3) is 0.455. The van der Waals surface area contributed by atoms with E-state index >= 15 is 0 Å². The van der Waals surface area contributed by atoms with E-state index in [9.17, 15) is 0 Å². The van der Waals surface area contributed by atoms with E-state index in [1.54, 1.807) is 0 Å². The van der Waals surface area contributed by atoms with Crippen molar-refractivity contribution in [3.05, 3.63) is 28.2 Å². The van der Waals surface area contributed by atoms with Crippen molar-refractivity contribution < 1.29 is 4.74 Å². The molecule has 1 atom stereocenters. The van der Waals surface area contributed by atoms with Gasteiger partial charge in [-0.1, -0.05) is 0 Å². The second kappa shape index (κ2) is 3.77. The Kier molecular flexibility index (Phi) is 2.29. The van der Waals surface area contributed by atoms with Crippen molar-refractivity contribution in [1.29, 1.82) is 0 Å². The van der Waals surface area contributed by atoms with Crippen LogP contribution in [-0.4, -0.2) is 13.3 Å². The summed E-state index contributed by atoms with van der Waals surface area (Å²) in [7, 11) is 0. The highest BCUT2D eigenvalue weighted by molar-refractivity contribution is 7.10. The first-order valence-electron chi connectivity index (χ1n) is 5.30. The van der Waals surface area contributed by atoms with Crippen molar-refractivity contribution in [2.24, 2.45) is 0 Å². The highest BCUT2D eigenvalue weighted by Crippen LogP contribution is 2.40. The molecule has 1 unspecified atom stereocenters. The minimum Gasteiger partial charge on any atom is -0.492 e. The van der Waals surface area contributed by atoms with Gasteiger partial charge >= 0.3 is 0 Å². The van der Waals surface area contributed by atoms with Gasteiger partial charge in [-0.15, -0.1) is 11.3 Å². The molecule has 0 saturated carbocycles. The van der Waals surface area contributed by atoms with Gasteiger partial charge in [0.2, 0.25) is 0 Å². The lowest BCUT2D eigenvalue weighted by atomic mass is 9.96. The molecule has 0 aliphatic carbocycles. The van der Waals surface area contributed by atoms with Crippen molar-refractivity contribution in [1.82, 2.24) is 10.6 Å². The summed E-state index contributed by atoms with van der Waals surface area (Å²) in [5, 5.41) is 8.64. The molecule has 15 heavy (non-hydrogen) atoms. The van der Waals surface area contributed by atoms with Crippen LogP contribution in [0.4, 0.5) is 0 Å². The number of hydrogen-bond acceptors (Lipinski definition) is 4. The molecule has 2 aliphatic heterocycles. The SMILES string of the molecule is C1=C(CC2CCOc3ccsc32)NCN1. The van der Waals surface area contributed by atoms with E-state index in [1.807, 2.05) is 11.3 Å². The third kappa shape index (κ3) is 1.69. The van der Waals surface area contributed by atoms with Gasteiger partial charge in [0.05, 0.1) is 18.2 Å². The summed E-state index contributed by atoms with van der Waals surface area (Å²) in [6.07, 6.45) is 4.32. The minimum absolute atomic E-state index is 0.632. The van der Waals surface area contributed by atoms with E-state index in [4.69, 9.17) is 4.74 Å². The van der Waals surface area contributed by atoms with E-state index in [2.05, 4.69) is 28.3 Å². The Morgan fingerprint density at radius 3 is 3.40 bits per heavy atom. The van der Waals surface area contributed by atoms with Gasteiger partial charge in [0.25, 0.3) is 0 Å². The molecule has 0 fully saturated rings. The predicted molar refractivity (Wildman–Crippen MR) is 61.0 cm³/mol. The Hall–Kier alpha value is -1.16. The molecular weight excluding hydrogens is 208 g/mol. The lowest BCUT2D eigenvalue weighted by Gasteiger charge is -2.23. The van der Waals surface area contributed by atoms with Gasteiger partial charge in [-0.05, 0) is 24.3 Å². The first-order chi connectivity index (χ1) is 7.43. The Balaban J connectivity index is 1.78. The monoisotopic (exact) mass is 222 g/mol. The van der Waals surface area contributed by atoms with Crippen molar-refractivity contribution in [3.8, 4) is 5.75 Å². The summed E-state index contributed by atoms with van der Waals surface area (Å²) in [5.74, 6) is 1.73. The molecule has 0 radical (unpaired) electrons. The van der Waals surface area contributed by atoms with Gasteiger partial charge < -0.3 is 15.4 Å². The quantitative estimate of drug-likeness (QED) is 0.803. The van der Waals surface area contributed by atoms with Crippen molar-refractivity contribution in [3.63, 3.8) is 0 Å². The van der Waals surface area contributed by atoms with E-state index < -0.39 is 0 Å². The van der Waals surface area contributed by atoms with Crippen LogP contribution in [0.1, 0.15) is 23.6 Å². The molecule has 1 aromatic heterocycles. The molecule has 3 heterocycles. The van der Waals surface area contributed by atoms with Gasteiger partial charge in [-0.25, -0.2) is 0 Å². The summed E-state index contributed by atoms with van der Waals surface area (Å²) < 4.78 is 5.61. The van der Waals surface area contributed by atoms with Gasteiger partial charge in [-0.3, -0.25) is 0 Å². The summed E-state index contributed by atoms with van der Waals surface area (Å²) in [6, 6.07) is 2.08. The zero-order valence-electron chi connectivity index (χ0n) is 8.45. The normalized spacial score (nSPS) is 23.5. The van der Waals surface area contributed by atoms with Gasteiger partial charge in [0, 0.05) is 17.8 Å². The van der Waals surface area contributed by atoms with Gasteiger partial charge in [0.1, 0.15) is 5.75 Å². The summed E-state index contributed by atoms with van der Waals surface area (Å²) in [4.78, 5) is 1.41. The van der Waals surface area contributed by atoms with Crippen LogP contribution in [0.2, 0.25) is 0 Å². The molecular formula is C11H14N2OS. The maximum atomic E-state index is 5.61.